The Morgan fingerprint density at radius 1 is 1.06 bits per heavy atom. The van der Waals surface area contributed by atoms with Crippen LogP contribution in [0.5, 0.6) is 0 Å². The maximum Gasteiger partial charge on any atom is 0.509 e. The van der Waals surface area contributed by atoms with E-state index in [-0.39, 0.29) is 49.7 Å². The third-order valence-corrected chi connectivity index (χ3v) is 8.56. The van der Waals surface area contributed by atoms with Crippen molar-refractivity contribution < 1.29 is 42.9 Å². The van der Waals surface area contributed by atoms with Crippen molar-refractivity contribution in [1.82, 2.24) is 20.2 Å². The standard InChI is InChI=1S/C37H37N5O10/c1-21(2)38-12-11-24-25-5-3-4-6-29(25)41-33-27(24)17-42-30(33)15-26-28(35(42)46)19-50-36(47)34(26)52-37(48)51-18-22-7-9-23(10-8-22)40-31(44)16-39-32(45)20-49-14-13-43/h3-10,13,15,21,34,38H,11-12,14,16-20H2,1-2H3,(H,39,45)(H,40,44)/t34-/m0/s1. The molecule has 2 aromatic heterocycles. The Kier molecular flexibility index (Phi) is 11.0. The number of benzene rings is 2. The van der Waals surface area contributed by atoms with Crippen molar-refractivity contribution >= 4 is 46.8 Å². The van der Waals surface area contributed by atoms with Gasteiger partial charge in [-0.3, -0.25) is 14.4 Å². The first kappa shape index (κ1) is 35.9. The third-order valence-electron chi connectivity index (χ3n) is 8.56. The van der Waals surface area contributed by atoms with Crippen molar-refractivity contribution in [3.8, 4) is 11.4 Å². The molecule has 2 aliphatic heterocycles. The lowest BCUT2D eigenvalue weighted by molar-refractivity contribution is -0.159. The maximum absolute atomic E-state index is 13.8. The van der Waals surface area contributed by atoms with Crippen LogP contribution in [0.1, 0.15) is 47.8 Å². The summed E-state index contributed by atoms with van der Waals surface area (Å²) in [5.74, 6) is -1.87. The van der Waals surface area contributed by atoms with Gasteiger partial charge in [0.1, 0.15) is 32.7 Å². The van der Waals surface area contributed by atoms with E-state index in [9.17, 15) is 28.8 Å². The first-order chi connectivity index (χ1) is 25.1. The zero-order valence-electron chi connectivity index (χ0n) is 28.6. The molecule has 0 fully saturated rings. The van der Waals surface area contributed by atoms with Gasteiger partial charge in [0.15, 0.2) is 0 Å². The maximum atomic E-state index is 13.8. The molecule has 0 bridgehead atoms. The molecule has 2 aliphatic rings. The molecule has 6 rings (SSSR count). The highest BCUT2D eigenvalue weighted by Gasteiger charge is 2.38. The minimum atomic E-state index is -1.52. The van der Waals surface area contributed by atoms with Gasteiger partial charge < -0.3 is 44.3 Å². The summed E-state index contributed by atoms with van der Waals surface area (Å²) in [6.45, 7) is 3.86. The largest absolute Gasteiger partial charge is 0.509 e. The molecular weight excluding hydrogens is 674 g/mol. The quantitative estimate of drug-likeness (QED) is 0.0868. The molecule has 0 saturated heterocycles. The molecule has 270 valence electrons. The molecule has 0 unspecified atom stereocenters. The number of para-hydroxylation sites is 1. The van der Waals surface area contributed by atoms with E-state index in [1.54, 1.807) is 34.9 Å². The number of aldehydes is 1. The normalized spacial score (nSPS) is 14.2. The fraction of sp³-hybridized carbons (Fsp3) is 0.324. The summed E-state index contributed by atoms with van der Waals surface area (Å²) < 4.78 is 22.4. The first-order valence-corrected chi connectivity index (χ1v) is 16.7. The second-order valence-electron chi connectivity index (χ2n) is 12.5. The van der Waals surface area contributed by atoms with E-state index in [0.29, 0.717) is 41.5 Å². The molecule has 15 nitrogen and oxygen atoms in total. The number of carbonyl (C=O) groups excluding carboxylic acids is 5. The van der Waals surface area contributed by atoms with Crippen molar-refractivity contribution in [2.75, 3.05) is 31.6 Å². The van der Waals surface area contributed by atoms with E-state index in [1.807, 2.05) is 24.3 Å². The molecule has 0 spiro atoms. The number of cyclic esters (lactones) is 1. The van der Waals surface area contributed by atoms with Crippen LogP contribution in [0.2, 0.25) is 0 Å². The number of fused-ring (bicyclic) bond motifs is 5. The number of hydrogen-bond acceptors (Lipinski definition) is 12. The number of esters is 1. The van der Waals surface area contributed by atoms with Gasteiger partial charge in [-0.2, -0.15) is 0 Å². The lowest BCUT2D eigenvalue weighted by Gasteiger charge is -2.24. The van der Waals surface area contributed by atoms with E-state index >= 15 is 0 Å². The zero-order chi connectivity index (χ0) is 36.8. The topological polar surface area (TPSA) is 193 Å². The van der Waals surface area contributed by atoms with Crippen LogP contribution in [0.25, 0.3) is 22.3 Å². The molecule has 2 amide bonds. The van der Waals surface area contributed by atoms with Crippen molar-refractivity contribution in [2.24, 2.45) is 0 Å². The molecule has 3 N–H and O–H groups in total. The SMILES string of the molecule is CC(C)NCCc1c2c(nc3ccccc13)-c1cc3c(c(=O)n1C2)COC(=O)[C@H]3OC(=O)OCc1ccc(NC(=O)CNC(=O)COCC=O)cc1. The van der Waals surface area contributed by atoms with Crippen LogP contribution >= 0.6 is 0 Å². The summed E-state index contributed by atoms with van der Waals surface area (Å²) in [4.78, 5) is 78.6. The summed E-state index contributed by atoms with van der Waals surface area (Å²) in [6.07, 6.45) is -1.43. The fourth-order valence-electron chi connectivity index (χ4n) is 6.12. The predicted octanol–water partition coefficient (Wildman–Crippen LogP) is 2.69. The average Bonchev–Trinajstić information content (AvgIpc) is 3.50. The Morgan fingerprint density at radius 2 is 1.85 bits per heavy atom. The van der Waals surface area contributed by atoms with E-state index in [1.165, 1.54) is 0 Å². The highest BCUT2D eigenvalue weighted by atomic mass is 16.7. The highest BCUT2D eigenvalue weighted by molar-refractivity contribution is 5.94. The second-order valence-corrected chi connectivity index (χ2v) is 12.5. The number of anilines is 1. The van der Waals surface area contributed by atoms with E-state index in [2.05, 4.69) is 29.8 Å². The number of amides is 2. The van der Waals surface area contributed by atoms with Crippen LogP contribution in [0.3, 0.4) is 0 Å². The van der Waals surface area contributed by atoms with Gasteiger partial charge in [-0.1, -0.05) is 44.2 Å². The van der Waals surface area contributed by atoms with Crippen molar-refractivity contribution in [3.63, 3.8) is 0 Å². The first-order valence-electron chi connectivity index (χ1n) is 16.7. The van der Waals surface area contributed by atoms with Crippen LogP contribution in [0.15, 0.2) is 59.4 Å². The molecule has 0 saturated carbocycles. The predicted molar refractivity (Wildman–Crippen MR) is 186 cm³/mol. The smallest absolute Gasteiger partial charge is 0.458 e. The molecule has 52 heavy (non-hydrogen) atoms. The summed E-state index contributed by atoms with van der Waals surface area (Å²) in [5.41, 5.74) is 5.03. The van der Waals surface area contributed by atoms with Gasteiger partial charge in [-0.25, -0.2) is 14.6 Å². The average molecular weight is 712 g/mol. The number of pyridine rings is 2. The van der Waals surface area contributed by atoms with Gasteiger partial charge in [0.25, 0.3) is 5.56 Å². The van der Waals surface area contributed by atoms with Gasteiger partial charge in [-0.15, -0.1) is 0 Å². The van der Waals surface area contributed by atoms with Gasteiger partial charge >= 0.3 is 12.1 Å². The number of nitrogens with one attached hydrogen (secondary N) is 3. The molecule has 2 aromatic carbocycles. The molecule has 1 atom stereocenters. The Bertz CT molecular complexity index is 2090. The number of carbonyl (C=O) groups is 5. The summed E-state index contributed by atoms with van der Waals surface area (Å²) >= 11 is 0. The Labute approximate surface area is 297 Å². The lowest BCUT2D eigenvalue weighted by atomic mass is 9.97. The molecule has 4 heterocycles. The number of rotatable bonds is 14. The Balaban J connectivity index is 1.13. The van der Waals surface area contributed by atoms with Gasteiger partial charge in [0.05, 0.1) is 35.6 Å². The number of nitrogens with zero attached hydrogens (tertiary/aromatic N) is 2. The summed E-state index contributed by atoms with van der Waals surface area (Å²) in [7, 11) is 0. The van der Waals surface area contributed by atoms with Crippen LogP contribution in [0, 0.1) is 0 Å². The lowest BCUT2D eigenvalue weighted by Crippen LogP contribution is -2.35. The second kappa shape index (κ2) is 16.0. The number of ether oxygens (including phenoxy) is 4. The molecule has 0 radical (unpaired) electrons. The minimum Gasteiger partial charge on any atom is -0.458 e. The Morgan fingerprint density at radius 3 is 2.62 bits per heavy atom. The molecule has 15 heteroatoms. The van der Waals surface area contributed by atoms with Crippen LogP contribution < -0.4 is 21.5 Å². The van der Waals surface area contributed by atoms with E-state index < -0.39 is 30.0 Å². The molecule has 4 aromatic rings. The summed E-state index contributed by atoms with van der Waals surface area (Å²) in [5, 5.41) is 9.45. The summed E-state index contributed by atoms with van der Waals surface area (Å²) in [6, 6.07) is 16.2. The minimum absolute atomic E-state index is 0.213. The van der Waals surface area contributed by atoms with Crippen LogP contribution in [-0.4, -0.2) is 72.1 Å². The zero-order valence-corrected chi connectivity index (χ0v) is 28.6. The monoisotopic (exact) mass is 711 g/mol. The van der Waals surface area contributed by atoms with Gasteiger partial charge in [0.2, 0.25) is 17.9 Å². The molecule has 0 aliphatic carbocycles. The molecular formula is C37H37N5O10. The van der Waals surface area contributed by atoms with Gasteiger partial charge in [-0.05, 0) is 48.4 Å². The third kappa shape index (κ3) is 8.00. The van der Waals surface area contributed by atoms with Gasteiger partial charge in [0, 0.05) is 28.2 Å². The van der Waals surface area contributed by atoms with Crippen LogP contribution in [0.4, 0.5) is 10.5 Å². The van der Waals surface area contributed by atoms with E-state index in [4.69, 9.17) is 23.9 Å². The van der Waals surface area contributed by atoms with Crippen molar-refractivity contribution in [2.45, 2.75) is 52.2 Å². The van der Waals surface area contributed by atoms with Crippen molar-refractivity contribution in [1.29, 1.82) is 0 Å². The highest BCUT2D eigenvalue weighted by Crippen LogP contribution is 2.38. The number of aromatic nitrogens is 2. The van der Waals surface area contributed by atoms with E-state index in [0.717, 1.165) is 35.0 Å². The van der Waals surface area contributed by atoms with Crippen LogP contribution in [-0.2, 0) is 64.3 Å². The fourth-order valence-corrected chi connectivity index (χ4v) is 6.12. The number of hydrogen-bond donors (Lipinski definition) is 3. The Hall–Kier alpha value is -5.93. The van der Waals surface area contributed by atoms with Crippen molar-refractivity contribution in [3.05, 3.63) is 92.8 Å².